The molecule has 0 unspecified atom stereocenters. The van der Waals surface area contributed by atoms with E-state index in [0.717, 1.165) is 95.9 Å². The monoisotopic (exact) mass is 1550 g/mol. The summed E-state index contributed by atoms with van der Waals surface area (Å²) >= 11 is 0. The van der Waals surface area contributed by atoms with Crippen LogP contribution in [-0.2, 0) is 86.6 Å². The van der Waals surface area contributed by atoms with Gasteiger partial charge in [-0.05, 0) is 326 Å². The third kappa shape index (κ3) is 13.0. The number of aromatic hydroxyl groups is 8. The molecule has 0 amide bonds. The molecule has 8 heteroatoms. The van der Waals surface area contributed by atoms with Gasteiger partial charge in [-0.15, -0.1) is 0 Å². The van der Waals surface area contributed by atoms with E-state index in [4.69, 9.17) is 0 Å². The SMILES string of the molecule is C.C.CC(C)(C)c1cc2c(cc1O)C1(CC2(C)C)CC(C)(C)c2cc(C(C)(C)C)c(O)cc21.CC1(C)CC2(CC(C)(C)c3ccc(O)cc32)c2cc(O)ccc21.Cc1c(O)c(C(C)(C)C)cc2c1C1(CC2(C)C)CC(C)(C)c2cc(C(C)(C)C)c(O)c(C)c21.Cc1c(O)ccc2c1C1(CC2(C)C)CC(C)(C)c2ccc(O)c(C)c21. The van der Waals surface area contributed by atoms with Crippen molar-refractivity contribution in [2.45, 2.75) is 374 Å². The van der Waals surface area contributed by atoms with Crippen molar-refractivity contribution in [3.8, 4) is 46.0 Å². The van der Waals surface area contributed by atoms with E-state index >= 15 is 0 Å². The van der Waals surface area contributed by atoms with Crippen LogP contribution in [-0.4, -0.2) is 40.9 Å². The third-order valence-corrected chi connectivity index (χ3v) is 29.2. The second-order valence-electron chi connectivity index (χ2n) is 46.0. The second kappa shape index (κ2) is 26.3. The van der Waals surface area contributed by atoms with Crippen LogP contribution in [0.5, 0.6) is 46.0 Å². The van der Waals surface area contributed by atoms with Gasteiger partial charge in [0.2, 0.25) is 0 Å². The molecule has 8 aromatic carbocycles. The van der Waals surface area contributed by atoms with E-state index in [2.05, 4.69) is 256 Å². The highest BCUT2D eigenvalue weighted by atomic mass is 16.3. The molecular weight excluding hydrogens is 1400 g/mol. The number of phenolic OH excluding ortho intramolecular Hbond substituents is 8. The lowest BCUT2D eigenvalue weighted by atomic mass is 9.70. The lowest BCUT2D eigenvalue weighted by Crippen LogP contribution is -2.28. The molecule has 0 saturated heterocycles. The summed E-state index contributed by atoms with van der Waals surface area (Å²) in [5.41, 5.74) is 28.1. The van der Waals surface area contributed by atoms with E-state index in [0.29, 0.717) is 46.0 Å². The Hall–Kier alpha value is -7.84. The summed E-state index contributed by atoms with van der Waals surface area (Å²) in [6.07, 6.45) is 8.03. The Morgan fingerprint density at radius 1 is 0.219 bits per heavy atom. The average molecular weight is 1550 g/mol. The lowest BCUT2D eigenvalue weighted by molar-refractivity contribution is 0.347. The summed E-state index contributed by atoms with van der Waals surface area (Å²) in [5, 5.41) is 86.0. The number of hydrogen-bond donors (Lipinski definition) is 8. The van der Waals surface area contributed by atoms with Crippen LogP contribution < -0.4 is 0 Å². The third-order valence-electron chi connectivity index (χ3n) is 29.2. The zero-order valence-electron chi connectivity index (χ0n) is 74.5. The molecule has 8 aliphatic carbocycles. The van der Waals surface area contributed by atoms with Crippen molar-refractivity contribution >= 4 is 0 Å². The summed E-state index contributed by atoms with van der Waals surface area (Å²) < 4.78 is 0. The Morgan fingerprint density at radius 2 is 0.439 bits per heavy atom. The number of benzene rings is 8. The molecule has 4 spiro atoms. The summed E-state index contributed by atoms with van der Waals surface area (Å²) in [6.45, 7) is 71.4. The van der Waals surface area contributed by atoms with Crippen LogP contribution in [0.3, 0.4) is 0 Å². The van der Waals surface area contributed by atoms with Crippen LogP contribution in [0, 0.1) is 27.7 Å². The van der Waals surface area contributed by atoms with Gasteiger partial charge in [0, 0.05) is 21.7 Å². The van der Waals surface area contributed by atoms with Crippen LogP contribution in [0.25, 0.3) is 0 Å². The molecule has 114 heavy (non-hydrogen) atoms. The van der Waals surface area contributed by atoms with Gasteiger partial charge in [0.25, 0.3) is 0 Å². The molecule has 8 aromatic rings. The van der Waals surface area contributed by atoms with Crippen molar-refractivity contribution in [2.75, 3.05) is 0 Å². The van der Waals surface area contributed by atoms with Crippen molar-refractivity contribution in [3.63, 3.8) is 0 Å². The second-order valence-corrected chi connectivity index (χ2v) is 46.0. The van der Waals surface area contributed by atoms with Gasteiger partial charge in [0.1, 0.15) is 46.0 Å². The first-order valence-electron chi connectivity index (χ1n) is 41.7. The number of rotatable bonds is 0. The lowest BCUT2D eigenvalue weighted by Gasteiger charge is -2.33. The van der Waals surface area contributed by atoms with Crippen molar-refractivity contribution < 1.29 is 40.9 Å². The first-order chi connectivity index (χ1) is 50.8. The largest absolute Gasteiger partial charge is 0.508 e. The van der Waals surface area contributed by atoms with Crippen LogP contribution >= 0.6 is 0 Å². The average Bonchev–Trinajstić information content (AvgIpc) is 1.53. The zero-order chi connectivity index (χ0) is 83.4. The maximum atomic E-state index is 11.4. The van der Waals surface area contributed by atoms with Gasteiger partial charge in [0.05, 0.1) is 0 Å². The summed E-state index contributed by atoms with van der Waals surface area (Å²) in [4.78, 5) is 0. The fourth-order valence-electron chi connectivity index (χ4n) is 25.2. The number of hydrogen-bond acceptors (Lipinski definition) is 8. The Kier molecular flexibility index (Phi) is 20.1. The van der Waals surface area contributed by atoms with Gasteiger partial charge in [-0.3, -0.25) is 0 Å². The molecule has 0 fully saturated rings. The molecule has 8 aliphatic rings. The van der Waals surface area contributed by atoms with Gasteiger partial charge in [-0.25, -0.2) is 0 Å². The number of phenols is 8. The van der Waals surface area contributed by atoms with Gasteiger partial charge in [0.15, 0.2) is 0 Å². The highest BCUT2D eigenvalue weighted by molar-refractivity contribution is 5.72. The standard InChI is InChI=1S/C31H44O2.C29H40O2.C23H28O2.C21H24O2.2CH4/c1-17-23-19(13-21(25(17)32)27(3,4)5)29(9,10)15-31(23)16-30(11,12)20-14-22(28(6,7)8)26(33)18(2)24(20)31;1-25(2,3)21-11-17-19(13-23(21)30)29(15-27(17,7)8)16-28(9,10)18-12-22(26(4,5)6)24(31)14-20(18)29;1-13-17(24)9-7-15-19(13)23(11-21(15,3)4)12-22(5,6)16-8-10-18(25)14(2)20(16)23;1-19(2)11-21(17-9-13(22)5-7-15(17)19)12-20(3,4)16-8-6-14(23)10-18(16)21;;/h13-14,32-33H,15-16H2,1-12H3;11-14,30-31H,15-16H2,1-10H3;7-10,24-25H,11-12H2,1-6H3;5-10,22-23H,11-12H2,1-4H3;2*1H4. The number of fused-ring (bicyclic) bond motifs is 16. The van der Waals surface area contributed by atoms with Gasteiger partial charge < -0.3 is 40.9 Å². The Morgan fingerprint density at radius 3 is 0.719 bits per heavy atom. The molecule has 0 heterocycles. The van der Waals surface area contributed by atoms with Gasteiger partial charge >= 0.3 is 0 Å². The smallest absolute Gasteiger partial charge is 0.122 e. The summed E-state index contributed by atoms with van der Waals surface area (Å²) in [5.74, 6) is 3.07. The molecule has 8 nitrogen and oxygen atoms in total. The first-order valence-corrected chi connectivity index (χ1v) is 41.7. The molecule has 0 radical (unpaired) electrons. The molecule has 0 aliphatic heterocycles. The predicted molar refractivity (Wildman–Crippen MR) is 476 cm³/mol. The Balaban J connectivity index is 0.000000150. The van der Waals surface area contributed by atoms with E-state index in [1.165, 1.54) is 89.0 Å². The topological polar surface area (TPSA) is 162 Å². The first kappa shape index (κ1) is 87.0. The molecule has 0 aromatic heterocycles. The maximum absolute atomic E-state index is 11.4. The molecule has 16 rings (SSSR count). The minimum atomic E-state index is -0.201. The molecular formula is C106H144O8. The normalized spacial score (nSPS) is 20.6. The minimum Gasteiger partial charge on any atom is -0.508 e. The molecule has 0 bridgehead atoms. The van der Waals surface area contributed by atoms with E-state index < -0.39 is 0 Å². The zero-order valence-corrected chi connectivity index (χ0v) is 74.5. The van der Waals surface area contributed by atoms with Crippen LogP contribution in [0.1, 0.15) is 394 Å². The van der Waals surface area contributed by atoms with Gasteiger partial charge in [-0.2, -0.15) is 0 Å². The highest BCUT2D eigenvalue weighted by Gasteiger charge is 2.63. The van der Waals surface area contributed by atoms with Crippen LogP contribution in [0.15, 0.2) is 97.1 Å². The van der Waals surface area contributed by atoms with Crippen LogP contribution in [0.4, 0.5) is 0 Å². The molecule has 0 atom stereocenters. The Bertz CT molecular complexity index is 4920. The van der Waals surface area contributed by atoms with Crippen molar-refractivity contribution in [3.05, 3.63) is 231 Å². The van der Waals surface area contributed by atoms with E-state index in [1.807, 2.05) is 50.2 Å². The maximum Gasteiger partial charge on any atom is 0.122 e. The Labute approximate surface area is 687 Å². The highest BCUT2D eigenvalue weighted by Crippen LogP contribution is 2.71. The predicted octanol–water partition coefficient (Wildman–Crippen LogP) is 26.7. The van der Waals surface area contributed by atoms with Gasteiger partial charge in [-0.1, -0.05) is 257 Å². The summed E-state index contributed by atoms with van der Waals surface area (Å²) in [7, 11) is 0. The molecule has 0 saturated carbocycles. The minimum absolute atomic E-state index is 0. The fourth-order valence-corrected chi connectivity index (χ4v) is 25.2. The molecule has 616 valence electrons. The quantitative estimate of drug-likeness (QED) is 0.0744. The van der Waals surface area contributed by atoms with Crippen molar-refractivity contribution in [1.82, 2.24) is 0 Å². The van der Waals surface area contributed by atoms with Crippen LogP contribution in [0.2, 0.25) is 0 Å². The fraction of sp³-hybridized carbons (Fsp3) is 0.547. The summed E-state index contributed by atoms with van der Waals surface area (Å²) in [6, 6.07) is 32.7. The molecule has 8 N–H and O–H groups in total. The van der Waals surface area contributed by atoms with E-state index in [-0.39, 0.29) is 101 Å². The van der Waals surface area contributed by atoms with Crippen molar-refractivity contribution in [2.24, 2.45) is 0 Å². The van der Waals surface area contributed by atoms with Crippen molar-refractivity contribution in [1.29, 1.82) is 0 Å². The van der Waals surface area contributed by atoms with E-state index in [1.54, 1.807) is 12.1 Å². The van der Waals surface area contributed by atoms with E-state index in [9.17, 15) is 40.9 Å².